The summed E-state index contributed by atoms with van der Waals surface area (Å²) in [5.74, 6) is 0.214. The molecule has 0 amide bonds. The Hall–Kier alpha value is -2.76. The van der Waals surface area contributed by atoms with Crippen molar-refractivity contribution >= 4 is 21.8 Å². The lowest BCUT2D eigenvalue weighted by atomic mass is 9.90. The predicted molar refractivity (Wildman–Crippen MR) is 114 cm³/mol. The minimum atomic E-state index is -0.396. The van der Waals surface area contributed by atoms with E-state index in [0.29, 0.717) is 0 Å². The standard InChI is InChI=1S/C24H25N3O2/c1-23(2)24(3,4)29-27(28-23)19-12-9-16(10-13-19)20-14-11-18-8-7-17-6-5-15-25-21(17)22(18)26-20/h5-9,11-16H,10H2,1-4H3. The molecule has 2 aliphatic rings. The zero-order valence-electron chi connectivity index (χ0n) is 17.2. The highest BCUT2D eigenvalue weighted by Crippen LogP contribution is 2.40. The van der Waals surface area contributed by atoms with Gasteiger partial charge >= 0.3 is 0 Å². The number of allylic oxidation sites excluding steroid dienone is 3. The molecule has 0 N–H and O–H groups in total. The number of hydroxylamine groups is 2. The van der Waals surface area contributed by atoms with E-state index in [2.05, 4.69) is 53.5 Å². The molecule has 1 fully saturated rings. The molecular weight excluding hydrogens is 362 g/mol. The summed E-state index contributed by atoms with van der Waals surface area (Å²) < 4.78 is 0. The average molecular weight is 387 g/mol. The van der Waals surface area contributed by atoms with E-state index >= 15 is 0 Å². The van der Waals surface area contributed by atoms with Gasteiger partial charge in [0, 0.05) is 28.6 Å². The van der Waals surface area contributed by atoms with Crippen LogP contribution >= 0.6 is 0 Å². The van der Waals surface area contributed by atoms with Crippen LogP contribution in [0, 0.1) is 0 Å². The Labute approximate surface area is 170 Å². The van der Waals surface area contributed by atoms with Crippen LogP contribution in [0.1, 0.15) is 45.7 Å². The quantitative estimate of drug-likeness (QED) is 0.548. The third-order valence-corrected chi connectivity index (χ3v) is 6.20. The van der Waals surface area contributed by atoms with Gasteiger partial charge in [-0.15, -0.1) is 5.23 Å². The zero-order valence-corrected chi connectivity index (χ0v) is 17.2. The third-order valence-electron chi connectivity index (χ3n) is 6.20. The number of hydrogen-bond donors (Lipinski definition) is 0. The van der Waals surface area contributed by atoms with Gasteiger partial charge < -0.3 is 0 Å². The highest BCUT2D eigenvalue weighted by Gasteiger charge is 2.50. The molecule has 0 radical (unpaired) electrons. The lowest BCUT2D eigenvalue weighted by Crippen LogP contribution is -2.41. The molecule has 5 rings (SSSR count). The largest absolute Gasteiger partial charge is 0.254 e. The Kier molecular flexibility index (Phi) is 4.02. The van der Waals surface area contributed by atoms with E-state index in [-0.39, 0.29) is 5.92 Å². The van der Waals surface area contributed by atoms with Crippen molar-refractivity contribution in [3.63, 3.8) is 0 Å². The fraction of sp³-hybridized carbons (Fsp3) is 0.333. The van der Waals surface area contributed by atoms with Crippen LogP contribution in [0.5, 0.6) is 0 Å². The molecule has 1 saturated heterocycles. The summed E-state index contributed by atoms with van der Waals surface area (Å²) >= 11 is 0. The Balaban J connectivity index is 1.42. The van der Waals surface area contributed by atoms with Gasteiger partial charge in [0.25, 0.3) is 0 Å². The van der Waals surface area contributed by atoms with Crippen molar-refractivity contribution in [1.82, 2.24) is 15.2 Å². The van der Waals surface area contributed by atoms with E-state index in [9.17, 15) is 0 Å². The van der Waals surface area contributed by atoms with Crippen LogP contribution < -0.4 is 0 Å². The van der Waals surface area contributed by atoms with E-state index in [0.717, 1.165) is 39.6 Å². The summed E-state index contributed by atoms with van der Waals surface area (Å²) in [6.07, 6.45) is 9.04. The topological polar surface area (TPSA) is 47.5 Å². The van der Waals surface area contributed by atoms with E-state index in [1.807, 2.05) is 40.0 Å². The van der Waals surface area contributed by atoms with Crippen molar-refractivity contribution in [3.8, 4) is 0 Å². The minimum Gasteiger partial charge on any atom is -0.254 e. The molecule has 0 saturated carbocycles. The first-order chi connectivity index (χ1) is 13.8. The van der Waals surface area contributed by atoms with Crippen LogP contribution in [0.15, 0.2) is 66.5 Å². The monoisotopic (exact) mass is 387 g/mol. The molecule has 5 nitrogen and oxygen atoms in total. The molecule has 148 valence electrons. The maximum absolute atomic E-state index is 6.02. The minimum absolute atomic E-state index is 0.214. The van der Waals surface area contributed by atoms with Crippen LogP contribution in [0.3, 0.4) is 0 Å². The van der Waals surface area contributed by atoms with Gasteiger partial charge in [0.2, 0.25) is 0 Å². The fourth-order valence-corrected chi connectivity index (χ4v) is 3.67. The molecule has 1 aliphatic heterocycles. The van der Waals surface area contributed by atoms with Crippen molar-refractivity contribution in [2.75, 3.05) is 0 Å². The summed E-state index contributed by atoms with van der Waals surface area (Å²) in [6, 6.07) is 12.5. The highest BCUT2D eigenvalue weighted by molar-refractivity contribution is 6.02. The van der Waals surface area contributed by atoms with Gasteiger partial charge in [-0.1, -0.05) is 36.4 Å². The number of nitrogens with zero attached hydrogens (tertiary/aromatic N) is 3. The zero-order chi connectivity index (χ0) is 20.2. The summed E-state index contributed by atoms with van der Waals surface area (Å²) in [4.78, 5) is 21.6. The molecule has 5 heteroatoms. The molecule has 3 heterocycles. The lowest BCUT2D eigenvalue weighted by Gasteiger charge is -2.26. The van der Waals surface area contributed by atoms with Gasteiger partial charge in [0.05, 0.1) is 16.7 Å². The lowest BCUT2D eigenvalue weighted by molar-refractivity contribution is -0.300. The van der Waals surface area contributed by atoms with E-state index in [1.54, 1.807) is 5.23 Å². The molecule has 2 aromatic heterocycles. The number of rotatable bonds is 2. The van der Waals surface area contributed by atoms with Crippen molar-refractivity contribution < 1.29 is 9.68 Å². The number of benzene rings is 1. The first kappa shape index (κ1) is 18.3. The van der Waals surface area contributed by atoms with Crippen LogP contribution in [-0.4, -0.2) is 26.4 Å². The number of pyridine rings is 2. The van der Waals surface area contributed by atoms with Crippen LogP contribution in [0.2, 0.25) is 0 Å². The summed E-state index contributed by atoms with van der Waals surface area (Å²) in [6.45, 7) is 8.17. The number of fused-ring (bicyclic) bond motifs is 3. The molecule has 0 spiro atoms. The smallest absolute Gasteiger partial charge is 0.124 e. The third kappa shape index (κ3) is 3.02. The molecule has 1 aliphatic carbocycles. The van der Waals surface area contributed by atoms with E-state index in [1.165, 1.54) is 0 Å². The van der Waals surface area contributed by atoms with Gasteiger partial charge in [-0.05, 0) is 52.3 Å². The Morgan fingerprint density at radius 2 is 1.62 bits per heavy atom. The molecule has 0 bridgehead atoms. The second kappa shape index (κ2) is 6.37. The highest BCUT2D eigenvalue weighted by atomic mass is 17.0. The number of aromatic nitrogens is 2. The second-order valence-electron chi connectivity index (χ2n) is 8.74. The second-order valence-corrected chi connectivity index (χ2v) is 8.74. The van der Waals surface area contributed by atoms with Gasteiger partial charge in [-0.3, -0.25) is 4.98 Å². The van der Waals surface area contributed by atoms with Crippen LogP contribution in [0.4, 0.5) is 0 Å². The molecule has 1 atom stereocenters. The molecule has 29 heavy (non-hydrogen) atoms. The molecule has 1 aromatic carbocycles. The van der Waals surface area contributed by atoms with E-state index < -0.39 is 11.2 Å². The van der Waals surface area contributed by atoms with Crippen LogP contribution in [0.25, 0.3) is 21.8 Å². The maximum atomic E-state index is 6.02. The first-order valence-electron chi connectivity index (χ1n) is 10.1. The summed E-state index contributed by atoms with van der Waals surface area (Å²) in [5, 5.41) is 3.77. The maximum Gasteiger partial charge on any atom is 0.124 e. The molecular formula is C24H25N3O2. The predicted octanol–water partition coefficient (Wildman–Crippen LogP) is 5.45. The summed E-state index contributed by atoms with van der Waals surface area (Å²) in [5.41, 5.74) is 3.09. The number of hydrogen-bond acceptors (Lipinski definition) is 5. The molecule has 1 unspecified atom stereocenters. The Morgan fingerprint density at radius 3 is 2.31 bits per heavy atom. The van der Waals surface area contributed by atoms with Crippen LogP contribution in [-0.2, 0) is 9.68 Å². The Bertz CT molecular complexity index is 1150. The van der Waals surface area contributed by atoms with E-state index in [4.69, 9.17) is 14.7 Å². The van der Waals surface area contributed by atoms with Gasteiger partial charge in [0.1, 0.15) is 11.2 Å². The van der Waals surface area contributed by atoms with Crippen molar-refractivity contribution in [1.29, 1.82) is 0 Å². The normalized spacial score (nSPS) is 23.0. The first-order valence-corrected chi connectivity index (χ1v) is 10.1. The van der Waals surface area contributed by atoms with Crippen molar-refractivity contribution in [2.24, 2.45) is 0 Å². The summed E-state index contributed by atoms with van der Waals surface area (Å²) in [7, 11) is 0. The van der Waals surface area contributed by atoms with Crippen molar-refractivity contribution in [2.45, 2.75) is 51.2 Å². The van der Waals surface area contributed by atoms with Gasteiger partial charge in [0.15, 0.2) is 0 Å². The van der Waals surface area contributed by atoms with Gasteiger partial charge in [-0.2, -0.15) is 0 Å². The SMILES string of the molecule is CC1(C)ON(C2=CCC(c3ccc4ccc5cccnc5c4n3)C=C2)OC1(C)C. The average Bonchev–Trinajstić information content (AvgIpc) is 2.95. The molecule has 3 aromatic rings. The van der Waals surface area contributed by atoms with Crippen molar-refractivity contribution in [3.05, 3.63) is 72.2 Å². The van der Waals surface area contributed by atoms with Gasteiger partial charge in [-0.25, -0.2) is 14.7 Å². The Morgan fingerprint density at radius 1 is 0.931 bits per heavy atom. The fourth-order valence-electron chi connectivity index (χ4n) is 3.67.